The molecule has 0 fully saturated rings. The first-order chi connectivity index (χ1) is 13.2. The van der Waals surface area contributed by atoms with Crippen molar-refractivity contribution in [3.8, 4) is 0 Å². The van der Waals surface area contributed by atoms with Gasteiger partial charge in [-0.15, -0.1) is 0 Å². The molecule has 4 heteroatoms. The Bertz CT molecular complexity index is 683. The SMILES string of the molecule is O=C(CCCC(=O)OC/C=C/c1ccccc1)OC/C=C/c1ccccc1. The van der Waals surface area contributed by atoms with Crippen LogP contribution in [0.5, 0.6) is 0 Å². The standard InChI is InChI=1S/C23H24O4/c24-22(26-18-8-14-20-10-3-1-4-11-20)16-7-17-23(25)27-19-9-15-21-12-5-2-6-13-21/h1-6,8-15H,7,16-19H2/b14-8+,15-9+. The lowest BCUT2D eigenvalue weighted by Crippen LogP contribution is -2.08. The van der Waals surface area contributed by atoms with Crippen LogP contribution in [0.4, 0.5) is 0 Å². The van der Waals surface area contributed by atoms with Crippen LogP contribution < -0.4 is 0 Å². The highest BCUT2D eigenvalue weighted by Gasteiger charge is 2.06. The van der Waals surface area contributed by atoms with Crippen LogP contribution in [0.15, 0.2) is 72.8 Å². The zero-order chi connectivity index (χ0) is 19.2. The van der Waals surface area contributed by atoms with Gasteiger partial charge in [0.05, 0.1) is 0 Å². The molecule has 0 bridgehead atoms. The molecule has 0 amide bonds. The zero-order valence-corrected chi connectivity index (χ0v) is 15.3. The predicted molar refractivity (Wildman–Crippen MR) is 107 cm³/mol. The molecule has 0 saturated carbocycles. The van der Waals surface area contributed by atoms with Gasteiger partial charge in [-0.3, -0.25) is 9.59 Å². The number of hydrogen-bond acceptors (Lipinski definition) is 4. The summed E-state index contributed by atoms with van der Waals surface area (Å²) in [6.45, 7) is 0.449. The summed E-state index contributed by atoms with van der Waals surface area (Å²) in [5, 5.41) is 0. The van der Waals surface area contributed by atoms with Gasteiger partial charge >= 0.3 is 11.9 Å². The van der Waals surface area contributed by atoms with Crippen LogP contribution in [0.1, 0.15) is 30.4 Å². The van der Waals surface area contributed by atoms with E-state index in [2.05, 4.69) is 0 Å². The summed E-state index contributed by atoms with van der Waals surface area (Å²) >= 11 is 0. The Morgan fingerprint density at radius 3 is 1.48 bits per heavy atom. The van der Waals surface area contributed by atoms with E-state index in [1.54, 1.807) is 12.2 Å². The van der Waals surface area contributed by atoms with Gasteiger partial charge in [-0.25, -0.2) is 0 Å². The average molecular weight is 364 g/mol. The van der Waals surface area contributed by atoms with Crippen molar-refractivity contribution in [2.24, 2.45) is 0 Å². The number of benzene rings is 2. The summed E-state index contributed by atoms with van der Waals surface area (Å²) in [5.74, 6) is -0.631. The molecule has 27 heavy (non-hydrogen) atoms. The molecule has 2 rings (SSSR count). The van der Waals surface area contributed by atoms with E-state index in [4.69, 9.17) is 9.47 Å². The molecule has 0 N–H and O–H groups in total. The van der Waals surface area contributed by atoms with E-state index in [0.29, 0.717) is 6.42 Å². The molecule has 0 spiro atoms. The molecule has 4 nitrogen and oxygen atoms in total. The first kappa shape index (κ1) is 20.2. The Labute approximate surface area is 160 Å². The molecule has 0 atom stereocenters. The lowest BCUT2D eigenvalue weighted by molar-refractivity contribution is -0.144. The van der Waals surface area contributed by atoms with Gasteiger partial charge in [0, 0.05) is 12.8 Å². The predicted octanol–water partition coefficient (Wildman–Crippen LogP) is 4.67. The van der Waals surface area contributed by atoms with Gasteiger partial charge in [-0.05, 0) is 29.7 Å². The number of carbonyl (C=O) groups is 2. The lowest BCUT2D eigenvalue weighted by Gasteiger charge is -2.03. The highest BCUT2D eigenvalue weighted by atomic mass is 16.5. The van der Waals surface area contributed by atoms with Crippen LogP contribution in [0, 0.1) is 0 Å². The van der Waals surface area contributed by atoms with Crippen molar-refractivity contribution in [3.05, 3.63) is 83.9 Å². The van der Waals surface area contributed by atoms with Crippen LogP contribution >= 0.6 is 0 Å². The molecule has 140 valence electrons. The summed E-state index contributed by atoms with van der Waals surface area (Å²) in [7, 11) is 0. The maximum absolute atomic E-state index is 11.6. The number of ether oxygens (including phenoxy) is 2. The summed E-state index contributed by atoms with van der Waals surface area (Å²) < 4.78 is 10.2. The third kappa shape index (κ3) is 9.21. The van der Waals surface area contributed by atoms with E-state index >= 15 is 0 Å². The Kier molecular flexibility index (Phi) is 9.15. The molecule has 0 saturated heterocycles. The minimum Gasteiger partial charge on any atom is -0.461 e. The molecular formula is C23H24O4. The van der Waals surface area contributed by atoms with E-state index < -0.39 is 0 Å². The highest BCUT2D eigenvalue weighted by molar-refractivity contribution is 5.72. The van der Waals surface area contributed by atoms with E-state index in [1.807, 2.05) is 72.8 Å². The molecule has 0 aliphatic heterocycles. The van der Waals surface area contributed by atoms with Gasteiger partial charge in [0.1, 0.15) is 13.2 Å². The molecule has 0 aromatic heterocycles. The maximum atomic E-state index is 11.6. The zero-order valence-electron chi connectivity index (χ0n) is 15.3. The van der Waals surface area contributed by atoms with Gasteiger partial charge in [-0.1, -0.05) is 72.8 Å². The summed E-state index contributed by atoms with van der Waals surface area (Å²) in [6.07, 6.45) is 8.20. The third-order valence-electron chi connectivity index (χ3n) is 3.66. The molecule has 2 aromatic rings. The van der Waals surface area contributed by atoms with Crippen molar-refractivity contribution in [2.45, 2.75) is 19.3 Å². The molecule has 0 aliphatic rings. The number of esters is 2. The van der Waals surface area contributed by atoms with Gasteiger partial charge in [-0.2, -0.15) is 0 Å². The van der Waals surface area contributed by atoms with Crippen LogP contribution in [0.2, 0.25) is 0 Å². The molecule has 0 unspecified atom stereocenters. The van der Waals surface area contributed by atoms with Crippen molar-refractivity contribution >= 4 is 24.1 Å². The van der Waals surface area contributed by atoms with E-state index in [1.165, 1.54) is 0 Å². The topological polar surface area (TPSA) is 52.6 Å². The fraction of sp³-hybridized carbons (Fsp3) is 0.217. The highest BCUT2D eigenvalue weighted by Crippen LogP contribution is 2.04. The molecule has 0 aliphatic carbocycles. The van der Waals surface area contributed by atoms with Crippen molar-refractivity contribution in [1.82, 2.24) is 0 Å². The minimum absolute atomic E-state index is 0.203. The minimum atomic E-state index is -0.315. The van der Waals surface area contributed by atoms with Crippen molar-refractivity contribution in [2.75, 3.05) is 13.2 Å². The first-order valence-corrected chi connectivity index (χ1v) is 8.98. The Hall–Kier alpha value is -3.14. The third-order valence-corrected chi connectivity index (χ3v) is 3.66. The lowest BCUT2D eigenvalue weighted by atomic mass is 10.2. The van der Waals surface area contributed by atoms with Gasteiger partial charge in [0.15, 0.2) is 0 Å². The van der Waals surface area contributed by atoms with E-state index in [-0.39, 0.29) is 38.0 Å². The van der Waals surface area contributed by atoms with Crippen LogP contribution in [0.25, 0.3) is 12.2 Å². The maximum Gasteiger partial charge on any atom is 0.306 e. The van der Waals surface area contributed by atoms with Crippen molar-refractivity contribution in [1.29, 1.82) is 0 Å². The fourth-order valence-electron chi connectivity index (χ4n) is 2.30. The quantitative estimate of drug-likeness (QED) is 0.575. The Balaban J connectivity index is 1.52. The van der Waals surface area contributed by atoms with E-state index in [0.717, 1.165) is 11.1 Å². The van der Waals surface area contributed by atoms with Crippen molar-refractivity contribution < 1.29 is 19.1 Å². The molecule has 0 heterocycles. The summed E-state index contributed by atoms with van der Waals surface area (Å²) in [6, 6.07) is 19.6. The Morgan fingerprint density at radius 1 is 0.667 bits per heavy atom. The fourth-order valence-corrected chi connectivity index (χ4v) is 2.30. The van der Waals surface area contributed by atoms with Crippen LogP contribution in [-0.4, -0.2) is 25.2 Å². The largest absolute Gasteiger partial charge is 0.461 e. The second kappa shape index (κ2) is 12.3. The monoisotopic (exact) mass is 364 g/mol. The van der Waals surface area contributed by atoms with Gasteiger partial charge in [0.2, 0.25) is 0 Å². The Morgan fingerprint density at radius 2 is 1.07 bits per heavy atom. The average Bonchev–Trinajstić information content (AvgIpc) is 2.70. The second-order valence-electron chi connectivity index (χ2n) is 5.85. The molecule has 2 aromatic carbocycles. The van der Waals surface area contributed by atoms with E-state index in [9.17, 15) is 9.59 Å². The van der Waals surface area contributed by atoms with Crippen LogP contribution in [-0.2, 0) is 19.1 Å². The summed E-state index contributed by atoms with van der Waals surface area (Å²) in [4.78, 5) is 23.3. The number of hydrogen-bond donors (Lipinski definition) is 0. The number of rotatable bonds is 10. The molecule has 0 radical (unpaired) electrons. The van der Waals surface area contributed by atoms with Crippen molar-refractivity contribution in [3.63, 3.8) is 0 Å². The summed E-state index contributed by atoms with van der Waals surface area (Å²) in [5.41, 5.74) is 2.11. The smallest absolute Gasteiger partial charge is 0.306 e. The normalized spacial score (nSPS) is 11.0. The first-order valence-electron chi connectivity index (χ1n) is 8.98. The molecular weight excluding hydrogens is 340 g/mol. The number of carbonyl (C=O) groups excluding carboxylic acids is 2. The van der Waals surface area contributed by atoms with Crippen LogP contribution in [0.3, 0.4) is 0 Å². The van der Waals surface area contributed by atoms with Gasteiger partial charge in [0.25, 0.3) is 0 Å². The second-order valence-corrected chi connectivity index (χ2v) is 5.85. The van der Waals surface area contributed by atoms with Gasteiger partial charge < -0.3 is 9.47 Å².